The Morgan fingerprint density at radius 2 is 1.86 bits per heavy atom. The van der Waals surface area contributed by atoms with E-state index in [2.05, 4.69) is 5.32 Å². The zero-order chi connectivity index (χ0) is 15.4. The maximum absolute atomic E-state index is 13.5. The van der Waals surface area contributed by atoms with E-state index in [4.69, 9.17) is 4.74 Å². The van der Waals surface area contributed by atoms with E-state index in [-0.39, 0.29) is 6.04 Å². The van der Waals surface area contributed by atoms with E-state index in [1.54, 1.807) is 13.2 Å². The minimum atomic E-state index is -0.833. The number of ether oxygens (including phenoxy) is 1. The fourth-order valence-corrected chi connectivity index (χ4v) is 2.40. The number of hydrogen-bond acceptors (Lipinski definition) is 2. The molecule has 0 saturated carbocycles. The van der Waals surface area contributed by atoms with Gasteiger partial charge in [0.1, 0.15) is 5.75 Å². The highest BCUT2D eigenvalue weighted by Gasteiger charge is 2.17. The highest BCUT2D eigenvalue weighted by molar-refractivity contribution is 5.41. The zero-order valence-electron chi connectivity index (χ0n) is 12.4. The summed E-state index contributed by atoms with van der Waals surface area (Å²) >= 11 is 0. The van der Waals surface area contributed by atoms with Gasteiger partial charge in [0.2, 0.25) is 0 Å². The van der Waals surface area contributed by atoms with Gasteiger partial charge in [-0.3, -0.25) is 0 Å². The summed E-state index contributed by atoms with van der Waals surface area (Å²) in [7, 11) is 1.62. The quantitative estimate of drug-likeness (QED) is 0.899. The van der Waals surface area contributed by atoms with E-state index in [0.29, 0.717) is 5.56 Å². The standard InChI is InChI=1S/C17H19F2NO/c1-4-20-17(12-5-8-15(18)16(19)10-12)14-7-6-13(21-3)9-11(14)2/h5-10,17,20H,4H2,1-3H3. The normalized spacial score (nSPS) is 12.2. The van der Waals surface area contributed by atoms with Crippen molar-refractivity contribution >= 4 is 0 Å². The molecule has 0 spiro atoms. The number of nitrogens with one attached hydrogen (secondary N) is 1. The fraction of sp³-hybridized carbons (Fsp3) is 0.294. The monoisotopic (exact) mass is 291 g/mol. The van der Waals surface area contributed by atoms with Gasteiger partial charge in [-0.15, -0.1) is 0 Å². The Hall–Kier alpha value is -1.94. The van der Waals surface area contributed by atoms with Crippen molar-refractivity contribution < 1.29 is 13.5 Å². The van der Waals surface area contributed by atoms with Crippen LogP contribution in [0.5, 0.6) is 5.75 Å². The van der Waals surface area contributed by atoms with Gasteiger partial charge in [-0.25, -0.2) is 8.78 Å². The number of halogens is 2. The third kappa shape index (κ3) is 3.39. The summed E-state index contributed by atoms with van der Waals surface area (Å²) in [5.74, 6) is -0.890. The third-order valence-corrected chi connectivity index (χ3v) is 3.47. The van der Waals surface area contributed by atoms with E-state index < -0.39 is 11.6 Å². The molecule has 112 valence electrons. The predicted molar refractivity (Wildman–Crippen MR) is 79.6 cm³/mol. The van der Waals surface area contributed by atoms with Crippen molar-refractivity contribution in [2.45, 2.75) is 19.9 Å². The van der Waals surface area contributed by atoms with Gasteiger partial charge in [-0.1, -0.05) is 19.1 Å². The van der Waals surface area contributed by atoms with Gasteiger partial charge in [-0.2, -0.15) is 0 Å². The molecule has 0 aliphatic heterocycles. The van der Waals surface area contributed by atoms with Gasteiger partial charge in [0.05, 0.1) is 13.2 Å². The Morgan fingerprint density at radius 3 is 2.43 bits per heavy atom. The summed E-state index contributed by atoms with van der Waals surface area (Å²) in [6.45, 7) is 4.67. The van der Waals surface area contributed by atoms with Gasteiger partial charge in [0.25, 0.3) is 0 Å². The molecule has 0 aromatic heterocycles. The van der Waals surface area contributed by atoms with E-state index in [0.717, 1.165) is 29.5 Å². The molecule has 0 fully saturated rings. The average molecular weight is 291 g/mol. The fourth-order valence-electron chi connectivity index (χ4n) is 2.40. The first-order valence-electron chi connectivity index (χ1n) is 6.89. The van der Waals surface area contributed by atoms with Crippen LogP contribution in [0.2, 0.25) is 0 Å². The van der Waals surface area contributed by atoms with Crippen molar-refractivity contribution in [2.75, 3.05) is 13.7 Å². The summed E-state index contributed by atoms with van der Waals surface area (Å²) in [5, 5.41) is 3.31. The van der Waals surface area contributed by atoms with Gasteiger partial charge in [0.15, 0.2) is 11.6 Å². The van der Waals surface area contributed by atoms with Crippen molar-refractivity contribution in [1.82, 2.24) is 5.32 Å². The molecule has 0 aliphatic rings. The van der Waals surface area contributed by atoms with E-state index in [1.165, 1.54) is 6.07 Å². The summed E-state index contributed by atoms with van der Waals surface area (Å²) in [6.07, 6.45) is 0. The molecule has 0 amide bonds. The lowest BCUT2D eigenvalue weighted by molar-refractivity contribution is 0.414. The minimum Gasteiger partial charge on any atom is -0.497 e. The van der Waals surface area contributed by atoms with Crippen LogP contribution in [-0.4, -0.2) is 13.7 Å². The van der Waals surface area contributed by atoms with Crippen LogP contribution < -0.4 is 10.1 Å². The van der Waals surface area contributed by atoms with Crippen LogP contribution >= 0.6 is 0 Å². The zero-order valence-corrected chi connectivity index (χ0v) is 12.4. The second kappa shape index (κ2) is 6.68. The molecule has 0 aliphatic carbocycles. The van der Waals surface area contributed by atoms with Crippen molar-refractivity contribution in [3.8, 4) is 5.75 Å². The van der Waals surface area contributed by atoms with Crippen LogP contribution in [-0.2, 0) is 0 Å². The number of aryl methyl sites for hydroxylation is 1. The second-order valence-corrected chi connectivity index (χ2v) is 4.89. The van der Waals surface area contributed by atoms with Gasteiger partial charge < -0.3 is 10.1 Å². The Balaban J connectivity index is 2.45. The molecule has 1 N–H and O–H groups in total. The SMILES string of the molecule is CCNC(c1ccc(F)c(F)c1)c1ccc(OC)cc1C. The van der Waals surface area contributed by atoms with Crippen LogP contribution in [0.3, 0.4) is 0 Å². The van der Waals surface area contributed by atoms with Crippen molar-refractivity contribution in [3.63, 3.8) is 0 Å². The van der Waals surface area contributed by atoms with Gasteiger partial charge in [-0.05, 0) is 54.4 Å². The molecule has 0 bridgehead atoms. The van der Waals surface area contributed by atoms with Crippen LogP contribution in [0.15, 0.2) is 36.4 Å². The first kappa shape index (κ1) is 15.4. The minimum absolute atomic E-state index is 0.184. The van der Waals surface area contributed by atoms with Crippen molar-refractivity contribution in [2.24, 2.45) is 0 Å². The summed E-state index contributed by atoms with van der Waals surface area (Å²) in [4.78, 5) is 0. The Kier molecular flexibility index (Phi) is 4.91. The molecule has 2 aromatic carbocycles. The lowest BCUT2D eigenvalue weighted by atomic mass is 9.94. The van der Waals surface area contributed by atoms with Crippen molar-refractivity contribution in [3.05, 3.63) is 64.7 Å². The molecule has 0 radical (unpaired) electrons. The number of hydrogen-bond donors (Lipinski definition) is 1. The first-order chi connectivity index (χ1) is 10.1. The largest absolute Gasteiger partial charge is 0.497 e. The second-order valence-electron chi connectivity index (χ2n) is 4.89. The molecular formula is C17H19F2NO. The topological polar surface area (TPSA) is 21.3 Å². The van der Waals surface area contributed by atoms with E-state index >= 15 is 0 Å². The van der Waals surface area contributed by atoms with Crippen LogP contribution in [0.1, 0.15) is 29.7 Å². The maximum atomic E-state index is 13.5. The molecule has 2 aromatic rings. The molecule has 0 heterocycles. The number of methoxy groups -OCH3 is 1. The smallest absolute Gasteiger partial charge is 0.159 e. The number of benzene rings is 2. The first-order valence-corrected chi connectivity index (χ1v) is 6.89. The molecule has 1 atom stereocenters. The summed E-state index contributed by atoms with van der Waals surface area (Å²) in [5.41, 5.74) is 2.75. The predicted octanol–water partition coefficient (Wildman–Crippen LogP) is 3.98. The van der Waals surface area contributed by atoms with Crippen molar-refractivity contribution in [1.29, 1.82) is 0 Å². The Labute approximate surface area is 123 Å². The van der Waals surface area contributed by atoms with Crippen LogP contribution in [0, 0.1) is 18.6 Å². The molecule has 4 heteroatoms. The average Bonchev–Trinajstić information content (AvgIpc) is 2.48. The lowest BCUT2D eigenvalue weighted by Gasteiger charge is -2.21. The Morgan fingerprint density at radius 1 is 1.10 bits per heavy atom. The van der Waals surface area contributed by atoms with E-state index in [1.807, 2.05) is 32.0 Å². The molecule has 2 rings (SSSR count). The highest BCUT2D eigenvalue weighted by Crippen LogP contribution is 2.28. The molecule has 0 saturated heterocycles. The van der Waals surface area contributed by atoms with Crippen LogP contribution in [0.4, 0.5) is 8.78 Å². The molecule has 21 heavy (non-hydrogen) atoms. The highest BCUT2D eigenvalue weighted by atomic mass is 19.2. The third-order valence-electron chi connectivity index (χ3n) is 3.47. The van der Waals surface area contributed by atoms with Crippen LogP contribution in [0.25, 0.3) is 0 Å². The molecule has 1 unspecified atom stereocenters. The summed E-state index contributed by atoms with van der Waals surface area (Å²) in [6, 6.07) is 9.57. The van der Waals surface area contributed by atoms with Gasteiger partial charge in [0, 0.05) is 0 Å². The van der Waals surface area contributed by atoms with Gasteiger partial charge >= 0.3 is 0 Å². The maximum Gasteiger partial charge on any atom is 0.159 e. The Bertz CT molecular complexity index is 628. The number of rotatable bonds is 5. The lowest BCUT2D eigenvalue weighted by Crippen LogP contribution is -2.23. The molecule has 2 nitrogen and oxygen atoms in total. The van der Waals surface area contributed by atoms with E-state index in [9.17, 15) is 8.78 Å². The molecular weight excluding hydrogens is 272 g/mol. The summed E-state index contributed by atoms with van der Waals surface area (Å²) < 4.78 is 31.8.